The second kappa shape index (κ2) is 7.49. The highest BCUT2D eigenvalue weighted by molar-refractivity contribution is 6.30. The molecule has 1 heterocycles. The van der Waals surface area contributed by atoms with E-state index in [9.17, 15) is 0 Å². The van der Waals surface area contributed by atoms with Crippen molar-refractivity contribution in [2.75, 3.05) is 0 Å². The molecule has 0 radical (unpaired) electrons. The molecule has 1 unspecified atom stereocenters. The van der Waals surface area contributed by atoms with Crippen LogP contribution in [0.1, 0.15) is 67.8 Å². The van der Waals surface area contributed by atoms with Crippen molar-refractivity contribution in [3.63, 3.8) is 0 Å². The zero-order valence-corrected chi connectivity index (χ0v) is 14.9. The number of benzene rings is 1. The van der Waals surface area contributed by atoms with Crippen LogP contribution < -0.4 is 0 Å². The minimum Gasteiger partial charge on any atom is -0.260 e. The summed E-state index contributed by atoms with van der Waals surface area (Å²) in [5, 5.41) is 0.851. The van der Waals surface area contributed by atoms with Gasteiger partial charge in [-0.3, -0.25) is 4.98 Å². The monoisotopic (exact) mass is 327 g/mol. The fourth-order valence-electron chi connectivity index (χ4n) is 4.15. The number of nitrogens with zero attached hydrogens (tertiary/aromatic N) is 1. The Hall–Kier alpha value is -1.34. The van der Waals surface area contributed by atoms with E-state index in [1.165, 1.54) is 48.1 Å². The summed E-state index contributed by atoms with van der Waals surface area (Å²) in [4.78, 5) is 4.83. The Balaban J connectivity index is 2.14. The van der Waals surface area contributed by atoms with Crippen molar-refractivity contribution in [1.29, 1.82) is 0 Å². The van der Waals surface area contributed by atoms with Gasteiger partial charge in [-0.15, -0.1) is 0 Å². The summed E-state index contributed by atoms with van der Waals surface area (Å²) >= 11 is 6.28. The molecule has 0 saturated heterocycles. The van der Waals surface area contributed by atoms with Gasteiger partial charge >= 0.3 is 0 Å². The van der Waals surface area contributed by atoms with E-state index in [4.69, 9.17) is 16.6 Å². The van der Waals surface area contributed by atoms with Crippen LogP contribution in [0.15, 0.2) is 36.5 Å². The predicted octanol–water partition coefficient (Wildman–Crippen LogP) is 6.18. The molecule has 3 rings (SSSR count). The molecule has 1 aromatic carbocycles. The van der Waals surface area contributed by atoms with Crippen LogP contribution in [0, 0.1) is 5.92 Å². The van der Waals surface area contributed by atoms with Crippen molar-refractivity contribution in [2.45, 2.75) is 58.3 Å². The van der Waals surface area contributed by atoms with E-state index in [0.29, 0.717) is 11.8 Å². The maximum absolute atomic E-state index is 6.28. The topological polar surface area (TPSA) is 12.9 Å². The number of hydrogen-bond acceptors (Lipinski definition) is 1. The molecule has 1 atom stereocenters. The average Bonchev–Trinajstić information content (AvgIpc) is 2.71. The van der Waals surface area contributed by atoms with Crippen LogP contribution in [0.2, 0.25) is 5.02 Å². The SMILES string of the molecule is CCCC(CCC)C1c2ccc(Cl)cc2CCc2cccnc21. The second-order valence-corrected chi connectivity index (χ2v) is 7.14. The summed E-state index contributed by atoms with van der Waals surface area (Å²) in [7, 11) is 0. The number of rotatable bonds is 5. The largest absolute Gasteiger partial charge is 0.260 e. The molecule has 0 fully saturated rings. The lowest BCUT2D eigenvalue weighted by molar-refractivity contribution is 0.390. The van der Waals surface area contributed by atoms with E-state index in [-0.39, 0.29) is 0 Å². The summed E-state index contributed by atoms with van der Waals surface area (Å²) in [5.74, 6) is 1.08. The highest BCUT2D eigenvalue weighted by atomic mass is 35.5. The number of fused-ring (bicyclic) bond motifs is 2. The zero-order chi connectivity index (χ0) is 16.2. The Bertz CT molecular complexity index is 659. The standard InChI is InChI=1S/C21H26ClN/c1-3-6-15(7-4-2)20-19-12-11-18(22)14-17(19)10-9-16-8-5-13-23-21(16)20/h5,8,11-15,20H,3-4,6-7,9-10H2,1-2H3. The van der Waals surface area contributed by atoms with Gasteiger partial charge in [-0.2, -0.15) is 0 Å². The fraction of sp³-hybridized carbons (Fsp3) is 0.476. The summed E-state index contributed by atoms with van der Waals surface area (Å²) in [6.07, 6.45) is 9.07. The molecule has 0 amide bonds. The Kier molecular flexibility index (Phi) is 5.38. The van der Waals surface area contributed by atoms with Gasteiger partial charge in [0.1, 0.15) is 0 Å². The predicted molar refractivity (Wildman–Crippen MR) is 98.2 cm³/mol. The fourth-order valence-corrected chi connectivity index (χ4v) is 4.34. The highest BCUT2D eigenvalue weighted by Crippen LogP contribution is 2.42. The molecule has 0 aliphatic heterocycles. The second-order valence-electron chi connectivity index (χ2n) is 6.71. The summed E-state index contributed by atoms with van der Waals surface area (Å²) < 4.78 is 0. The van der Waals surface area contributed by atoms with Crippen LogP contribution in [0.25, 0.3) is 0 Å². The number of pyridine rings is 1. The molecule has 1 aliphatic rings. The van der Waals surface area contributed by atoms with Gasteiger partial charge in [0.15, 0.2) is 0 Å². The first kappa shape index (κ1) is 16.5. The zero-order valence-electron chi connectivity index (χ0n) is 14.2. The van der Waals surface area contributed by atoms with E-state index in [1.807, 2.05) is 6.20 Å². The number of aryl methyl sites for hydroxylation is 2. The Labute approximate surface area is 145 Å². The van der Waals surface area contributed by atoms with E-state index >= 15 is 0 Å². The maximum atomic E-state index is 6.28. The normalized spacial score (nSPS) is 16.8. The van der Waals surface area contributed by atoms with Gasteiger partial charge in [0.2, 0.25) is 0 Å². The summed E-state index contributed by atoms with van der Waals surface area (Å²) in [6, 6.07) is 10.8. The smallest absolute Gasteiger partial charge is 0.0513 e. The maximum Gasteiger partial charge on any atom is 0.0513 e. The molecule has 23 heavy (non-hydrogen) atoms. The Morgan fingerprint density at radius 3 is 2.57 bits per heavy atom. The first-order valence-electron chi connectivity index (χ1n) is 8.96. The molecule has 2 aromatic rings. The van der Waals surface area contributed by atoms with Crippen molar-refractivity contribution < 1.29 is 0 Å². The van der Waals surface area contributed by atoms with Crippen LogP contribution in [0.5, 0.6) is 0 Å². The number of halogens is 1. The molecule has 0 N–H and O–H groups in total. The molecule has 1 nitrogen and oxygen atoms in total. The van der Waals surface area contributed by atoms with E-state index in [0.717, 1.165) is 17.9 Å². The third kappa shape index (κ3) is 3.45. The van der Waals surface area contributed by atoms with Gasteiger partial charge in [-0.1, -0.05) is 50.4 Å². The Morgan fingerprint density at radius 1 is 1.09 bits per heavy atom. The van der Waals surface area contributed by atoms with E-state index in [2.05, 4.69) is 44.2 Å². The van der Waals surface area contributed by atoms with Crippen LogP contribution in [0.4, 0.5) is 0 Å². The Morgan fingerprint density at radius 2 is 1.83 bits per heavy atom. The van der Waals surface area contributed by atoms with Crippen LogP contribution in [0.3, 0.4) is 0 Å². The van der Waals surface area contributed by atoms with Crippen LogP contribution in [-0.2, 0) is 12.8 Å². The molecule has 122 valence electrons. The van der Waals surface area contributed by atoms with Crippen molar-refractivity contribution >= 4 is 11.6 Å². The van der Waals surface area contributed by atoms with Crippen LogP contribution >= 0.6 is 11.6 Å². The third-order valence-corrected chi connectivity index (χ3v) is 5.35. The first-order valence-corrected chi connectivity index (χ1v) is 9.34. The van der Waals surface area contributed by atoms with Crippen molar-refractivity contribution in [3.8, 4) is 0 Å². The van der Waals surface area contributed by atoms with Crippen molar-refractivity contribution in [1.82, 2.24) is 4.98 Å². The van der Waals surface area contributed by atoms with E-state index in [1.54, 1.807) is 0 Å². The molecular weight excluding hydrogens is 302 g/mol. The van der Waals surface area contributed by atoms with Gasteiger partial charge in [0.05, 0.1) is 5.69 Å². The van der Waals surface area contributed by atoms with Crippen LogP contribution in [-0.4, -0.2) is 4.98 Å². The molecular formula is C21H26ClN. The van der Waals surface area contributed by atoms with Gasteiger partial charge < -0.3 is 0 Å². The average molecular weight is 328 g/mol. The molecule has 1 aliphatic carbocycles. The number of aromatic nitrogens is 1. The summed E-state index contributed by atoms with van der Waals surface area (Å²) in [6.45, 7) is 4.59. The highest BCUT2D eigenvalue weighted by Gasteiger charge is 2.30. The minimum absolute atomic E-state index is 0.417. The van der Waals surface area contributed by atoms with Crippen molar-refractivity contribution in [2.24, 2.45) is 5.92 Å². The lowest BCUT2D eigenvalue weighted by atomic mass is 9.77. The van der Waals surface area contributed by atoms with Gasteiger partial charge in [-0.05, 0) is 66.5 Å². The lowest BCUT2D eigenvalue weighted by Gasteiger charge is -2.28. The molecule has 0 saturated carbocycles. The molecule has 1 aromatic heterocycles. The van der Waals surface area contributed by atoms with Gasteiger partial charge in [0, 0.05) is 17.1 Å². The van der Waals surface area contributed by atoms with Gasteiger partial charge in [0.25, 0.3) is 0 Å². The van der Waals surface area contributed by atoms with Crippen molar-refractivity contribution in [3.05, 3.63) is 63.9 Å². The molecule has 0 bridgehead atoms. The minimum atomic E-state index is 0.417. The first-order chi connectivity index (χ1) is 11.2. The third-order valence-electron chi connectivity index (χ3n) is 5.11. The van der Waals surface area contributed by atoms with Gasteiger partial charge in [-0.25, -0.2) is 0 Å². The summed E-state index contributed by atoms with van der Waals surface area (Å²) in [5.41, 5.74) is 5.60. The molecule has 2 heteroatoms. The molecule has 0 spiro atoms. The lowest BCUT2D eigenvalue weighted by Crippen LogP contribution is -2.17. The number of hydrogen-bond donors (Lipinski definition) is 0. The van der Waals surface area contributed by atoms with E-state index < -0.39 is 0 Å². The quantitative estimate of drug-likeness (QED) is 0.638.